The molecule has 0 aliphatic heterocycles. The number of carbonyl (C=O) groups excluding carboxylic acids is 1. The van der Waals surface area contributed by atoms with Crippen LogP contribution < -0.4 is 4.72 Å². The van der Waals surface area contributed by atoms with E-state index in [9.17, 15) is 17.6 Å². The number of rotatable bonds is 9. The van der Waals surface area contributed by atoms with E-state index in [1.807, 2.05) is 12.2 Å². The SMILES string of the molecule is COC(=O)CCC/C=C\CC1C(F)CCC1NS(=O)(=O)c1ccccc1. The number of nitrogens with one attached hydrogen (secondary N) is 1. The zero-order valence-corrected chi connectivity index (χ0v) is 15.8. The zero-order chi connectivity index (χ0) is 19.0. The molecule has 0 saturated heterocycles. The van der Waals surface area contributed by atoms with Crippen LogP contribution in [0.15, 0.2) is 47.4 Å². The molecule has 0 bridgehead atoms. The van der Waals surface area contributed by atoms with E-state index in [2.05, 4.69) is 9.46 Å². The summed E-state index contributed by atoms with van der Waals surface area (Å²) in [5.41, 5.74) is 0. The Labute approximate surface area is 154 Å². The van der Waals surface area contributed by atoms with E-state index in [4.69, 9.17) is 0 Å². The number of ether oxygens (including phenoxy) is 1. The van der Waals surface area contributed by atoms with Crippen molar-refractivity contribution in [2.24, 2.45) is 5.92 Å². The predicted octanol–water partition coefficient (Wildman–Crippen LogP) is 3.37. The van der Waals surface area contributed by atoms with Gasteiger partial charge in [-0.15, -0.1) is 0 Å². The molecule has 0 radical (unpaired) electrons. The minimum atomic E-state index is -3.64. The number of benzene rings is 1. The van der Waals surface area contributed by atoms with Gasteiger partial charge in [-0.1, -0.05) is 30.4 Å². The molecule has 1 aliphatic carbocycles. The number of methoxy groups -OCH3 is 1. The fraction of sp³-hybridized carbons (Fsp3) is 0.526. The first-order valence-electron chi connectivity index (χ1n) is 8.87. The van der Waals surface area contributed by atoms with Crippen LogP contribution >= 0.6 is 0 Å². The smallest absolute Gasteiger partial charge is 0.305 e. The van der Waals surface area contributed by atoms with Gasteiger partial charge < -0.3 is 4.74 Å². The maximum Gasteiger partial charge on any atom is 0.305 e. The second-order valence-electron chi connectivity index (χ2n) is 6.47. The van der Waals surface area contributed by atoms with Crippen molar-refractivity contribution in [1.82, 2.24) is 4.72 Å². The van der Waals surface area contributed by atoms with Crippen LogP contribution in [0.2, 0.25) is 0 Å². The molecule has 1 N–H and O–H groups in total. The molecule has 3 atom stereocenters. The number of allylic oxidation sites excluding steroid dienone is 2. The summed E-state index contributed by atoms with van der Waals surface area (Å²) in [5, 5.41) is 0. The molecule has 5 nitrogen and oxygen atoms in total. The molecule has 0 spiro atoms. The van der Waals surface area contributed by atoms with Crippen molar-refractivity contribution in [3.05, 3.63) is 42.5 Å². The van der Waals surface area contributed by atoms with E-state index in [0.717, 1.165) is 0 Å². The van der Waals surface area contributed by atoms with Crippen LogP contribution in [0.4, 0.5) is 4.39 Å². The average Bonchev–Trinajstić information content (AvgIpc) is 2.97. The van der Waals surface area contributed by atoms with Crippen molar-refractivity contribution in [3.8, 4) is 0 Å². The molecular formula is C19H26FNO4S. The minimum absolute atomic E-state index is 0.194. The number of alkyl halides is 1. The number of carbonyl (C=O) groups is 1. The Morgan fingerprint density at radius 1 is 1.27 bits per heavy atom. The fourth-order valence-corrected chi connectivity index (χ4v) is 4.52. The van der Waals surface area contributed by atoms with Gasteiger partial charge in [0, 0.05) is 18.4 Å². The van der Waals surface area contributed by atoms with Crippen molar-refractivity contribution in [2.45, 2.75) is 55.6 Å². The van der Waals surface area contributed by atoms with Crippen LogP contribution in [-0.4, -0.2) is 33.7 Å². The lowest BCUT2D eigenvalue weighted by Gasteiger charge is -2.21. The van der Waals surface area contributed by atoms with Crippen molar-refractivity contribution >= 4 is 16.0 Å². The number of esters is 1. The summed E-state index contributed by atoms with van der Waals surface area (Å²) in [6.45, 7) is 0. The number of hydrogen-bond acceptors (Lipinski definition) is 4. The highest BCUT2D eigenvalue weighted by atomic mass is 32.2. The summed E-state index contributed by atoms with van der Waals surface area (Å²) in [4.78, 5) is 11.2. The molecule has 1 aliphatic rings. The Morgan fingerprint density at radius 3 is 2.69 bits per heavy atom. The molecule has 3 unspecified atom stereocenters. The third-order valence-corrected chi connectivity index (χ3v) is 6.15. The maximum atomic E-state index is 14.2. The van der Waals surface area contributed by atoms with Crippen molar-refractivity contribution < 1.29 is 22.3 Å². The molecule has 1 saturated carbocycles. The molecule has 0 aromatic heterocycles. The van der Waals surface area contributed by atoms with Gasteiger partial charge in [0.1, 0.15) is 6.17 Å². The molecule has 0 heterocycles. The summed E-state index contributed by atoms with van der Waals surface area (Å²) in [7, 11) is -2.29. The van der Waals surface area contributed by atoms with E-state index in [0.29, 0.717) is 38.5 Å². The van der Waals surface area contributed by atoms with E-state index >= 15 is 0 Å². The molecular weight excluding hydrogens is 357 g/mol. The monoisotopic (exact) mass is 383 g/mol. The van der Waals surface area contributed by atoms with Crippen molar-refractivity contribution in [3.63, 3.8) is 0 Å². The number of halogens is 1. The second kappa shape index (κ2) is 9.83. The highest BCUT2D eigenvalue weighted by Crippen LogP contribution is 2.33. The number of unbranched alkanes of at least 4 members (excludes halogenated alkanes) is 1. The van der Waals surface area contributed by atoms with Gasteiger partial charge in [0.25, 0.3) is 0 Å². The Hall–Kier alpha value is -1.73. The molecule has 26 heavy (non-hydrogen) atoms. The summed E-state index contributed by atoms with van der Waals surface area (Å²) in [6.07, 6.45) is 5.85. The Balaban J connectivity index is 1.88. The lowest BCUT2D eigenvalue weighted by molar-refractivity contribution is -0.140. The fourth-order valence-electron chi connectivity index (χ4n) is 3.18. The van der Waals surface area contributed by atoms with Crippen molar-refractivity contribution in [1.29, 1.82) is 0 Å². The summed E-state index contributed by atoms with van der Waals surface area (Å²) in [5.74, 6) is -0.612. The Bertz CT molecular complexity index is 706. The van der Waals surface area contributed by atoms with Gasteiger partial charge in [-0.05, 0) is 44.2 Å². The summed E-state index contributed by atoms with van der Waals surface area (Å²) < 4.78 is 46.4. The topological polar surface area (TPSA) is 72.5 Å². The maximum absolute atomic E-state index is 14.2. The molecule has 1 aromatic rings. The van der Waals surface area contributed by atoms with Gasteiger partial charge in [0.15, 0.2) is 0 Å². The zero-order valence-electron chi connectivity index (χ0n) is 14.9. The van der Waals surface area contributed by atoms with E-state index in [1.165, 1.54) is 19.2 Å². The predicted molar refractivity (Wildman–Crippen MR) is 97.8 cm³/mol. The Morgan fingerprint density at radius 2 is 2.00 bits per heavy atom. The minimum Gasteiger partial charge on any atom is -0.469 e. The van der Waals surface area contributed by atoms with Crippen LogP contribution in [0.25, 0.3) is 0 Å². The van der Waals surface area contributed by atoms with Crippen molar-refractivity contribution in [2.75, 3.05) is 7.11 Å². The first kappa shape index (κ1) is 20.6. The van der Waals surface area contributed by atoms with Gasteiger partial charge in [-0.2, -0.15) is 0 Å². The first-order chi connectivity index (χ1) is 12.4. The third-order valence-electron chi connectivity index (χ3n) is 4.65. The van der Waals surface area contributed by atoms with Gasteiger partial charge >= 0.3 is 5.97 Å². The Kier molecular flexibility index (Phi) is 7.78. The van der Waals surface area contributed by atoms with Crippen LogP contribution in [0.5, 0.6) is 0 Å². The van der Waals surface area contributed by atoms with Gasteiger partial charge in [0.05, 0.1) is 12.0 Å². The van der Waals surface area contributed by atoms with Crippen LogP contribution in [0.3, 0.4) is 0 Å². The van der Waals surface area contributed by atoms with E-state index in [1.54, 1.807) is 18.2 Å². The highest BCUT2D eigenvalue weighted by molar-refractivity contribution is 7.89. The lowest BCUT2D eigenvalue weighted by atomic mass is 9.98. The van der Waals surface area contributed by atoms with Crippen LogP contribution in [-0.2, 0) is 19.6 Å². The second-order valence-corrected chi connectivity index (χ2v) is 8.19. The largest absolute Gasteiger partial charge is 0.469 e. The standard InChI is InChI=1S/C19H26FNO4S/c1-25-19(22)12-8-3-2-7-11-16-17(20)13-14-18(16)21-26(23,24)15-9-5-4-6-10-15/h2,4-7,9-10,16-18,21H,3,8,11-14H2,1H3/b7-2-. The number of sulfonamides is 1. The normalized spacial score (nSPS) is 23.4. The quantitative estimate of drug-likeness (QED) is 0.403. The van der Waals surface area contributed by atoms with Gasteiger partial charge in [-0.25, -0.2) is 17.5 Å². The summed E-state index contributed by atoms with van der Waals surface area (Å²) in [6, 6.07) is 7.72. The van der Waals surface area contributed by atoms with Gasteiger partial charge in [0.2, 0.25) is 10.0 Å². The van der Waals surface area contributed by atoms with E-state index in [-0.39, 0.29) is 16.8 Å². The van der Waals surface area contributed by atoms with E-state index < -0.39 is 22.2 Å². The number of hydrogen-bond donors (Lipinski definition) is 1. The third kappa shape index (κ3) is 5.92. The molecule has 7 heteroatoms. The summed E-state index contributed by atoms with van der Waals surface area (Å²) >= 11 is 0. The molecule has 1 fully saturated rings. The molecule has 2 rings (SSSR count). The highest BCUT2D eigenvalue weighted by Gasteiger charge is 2.37. The lowest BCUT2D eigenvalue weighted by Crippen LogP contribution is -2.38. The first-order valence-corrected chi connectivity index (χ1v) is 10.4. The van der Waals surface area contributed by atoms with Crippen LogP contribution in [0, 0.1) is 5.92 Å². The molecule has 1 aromatic carbocycles. The molecule has 0 amide bonds. The average molecular weight is 383 g/mol. The van der Waals surface area contributed by atoms with Crippen LogP contribution in [0.1, 0.15) is 38.5 Å². The molecule has 144 valence electrons. The van der Waals surface area contributed by atoms with Gasteiger partial charge in [-0.3, -0.25) is 4.79 Å².